The minimum absolute atomic E-state index is 0.0323. The van der Waals surface area contributed by atoms with Gasteiger partial charge < -0.3 is 39.9 Å². The molecule has 0 saturated heterocycles. The van der Waals surface area contributed by atoms with E-state index in [1.807, 2.05) is 30.4 Å². The number of hydrogen-bond acceptors (Lipinski definition) is 11. The van der Waals surface area contributed by atoms with E-state index in [0.717, 1.165) is 64.2 Å². The Labute approximate surface area is 371 Å². The maximum absolute atomic E-state index is 12.8. The van der Waals surface area contributed by atoms with E-state index in [2.05, 4.69) is 117 Å². The first-order chi connectivity index (χ1) is 30.0. The Morgan fingerprint density at radius 1 is 0.500 bits per heavy atom. The van der Waals surface area contributed by atoms with Crippen LogP contribution in [0.15, 0.2) is 134 Å². The highest BCUT2D eigenvalue weighted by atomic mass is 31.2. The van der Waals surface area contributed by atoms with Crippen LogP contribution in [0, 0.1) is 0 Å². The molecule has 1 aliphatic carbocycles. The summed E-state index contributed by atoms with van der Waals surface area (Å²) in [4.78, 5) is 23.1. The smallest absolute Gasteiger partial charge is 0.457 e. The van der Waals surface area contributed by atoms with Crippen LogP contribution >= 0.6 is 7.82 Å². The van der Waals surface area contributed by atoms with E-state index in [4.69, 9.17) is 18.5 Å². The van der Waals surface area contributed by atoms with Crippen LogP contribution in [-0.2, 0) is 27.9 Å². The molecule has 0 aromatic rings. The van der Waals surface area contributed by atoms with Crippen molar-refractivity contribution in [3.63, 3.8) is 0 Å². The predicted molar refractivity (Wildman–Crippen MR) is 248 cm³/mol. The molecule has 0 aliphatic heterocycles. The molecule has 0 radical (unpaired) electrons. The lowest BCUT2D eigenvalue weighted by atomic mass is 9.85. The molecule has 1 fully saturated rings. The fraction of sp³-hybridized carbons (Fsp3) is 0.531. The molecule has 348 valence electrons. The molecule has 6 N–H and O–H groups in total. The normalized spacial score (nSPS) is 23.3. The van der Waals surface area contributed by atoms with E-state index in [9.17, 15) is 39.8 Å². The number of hydrogen-bond donors (Lipinski definition) is 6. The summed E-state index contributed by atoms with van der Waals surface area (Å²) in [6.45, 7) is 3.70. The van der Waals surface area contributed by atoms with Crippen LogP contribution in [0.25, 0.3) is 0 Å². The van der Waals surface area contributed by atoms with Crippen molar-refractivity contribution in [3.05, 3.63) is 134 Å². The zero-order valence-electron chi connectivity index (χ0n) is 36.8. The summed E-state index contributed by atoms with van der Waals surface area (Å²) >= 11 is 0. The highest BCUT2D eigenvalue weighted by Gasteiger charge is 2.51. The first-order valence-corrected chi connectivity index (χ1v) is 23.5. The molecule has 0 bridgehead atoms. The van der Waals surface area contributed by atoms with Crippen LogP contribution in [0.5, 0.6) is 0 Å². The Bertz CT molecular complexity index is 1520. The van der Waals surface area contributed by atoms with Gasteiger partial charge in [-0.05, 0) is 83.5 Å². The fourth-order valence-corrected chi connectivity index (χ4v) is 6.59. The number of ether oxygens (including phenoxy) is 2. The van der Waals surface area contributed by atoms with Crippen molar-refractivity contribution in [2.24, 2.45) is 0 Å². The molecule has 0 aromatic heterocycles. The maximum atomic E-state index is 12.8. The largest absolute Gasteiger partial charge is 0.472 e. The van der Waals surface area contributed by atoms with E-state index in [-0.39, 0.29) is 19.6 Å². The summed E-state index contributed by atoms with van der Waals surface area (Å²) in [7, 11) is -5.07. The van der Waals surface area contributed by atoms with Crippen LogP contribution in [0.4, 0.5) is 0 Å². The van der Waals surface area contributed by atoms with Crippen LogP contribution in [0.2, 0.25) is 0 Å². The standard InChI is InChI=1S/C49H75O12P/c1-3-5-7-9-11-13-15-17-19-21-22-23-24-26-28-30-32-34-36-38-43(50)60-42(41-59-62(56,57)61-49-47(54)45(52)44(51)46(53)48(49)55)40-58-39-37-35-33-31-29-27-25-20-18-16-14-12-10-8-6-4-2/h5-8,11-14,17-20,22-23,26-29,32-35,42,44-49,51-55H,3-4,9-10,15-16,21,24-25,30-31,36-41H2,1-2H3,(H,56,57)/b7-5-,8-6-,13-11-,14-12-,19-17-,20-18-,23-22-,28-26-,29-27-,34-32-,35-33-. The van der Waals surface area contributed by atoms with Crippen molar-refractivity contribution in [2.45, 2.75) is 146 Å². The first-order valence-electron chi connectivity index (χ1n) is 22.0. The summed E-state index contributed by atoms with van der Waals surface area (Å²) in [5.41, 5.74) is 0. The molecule has 0 heterocycles. The molecule has 6 atom stereocenters. The molecule has 1 saturated carbocycles. The quantitative estimate of drug-likeness (QED) is 0.0156. The molecule has 1 rings (SSSR count). The maximum Gasteiger partial charge on any atom is 0.472 e. The molecule has 0 amide bonds. The van der Waals surface area contributed by atoms with E-state index in [1.165, 1.54) is 0 Å². The van der Waals surface area contributed by atoms with Gasteiger partial charge in [-0.25, -0.2) is 4.57 Å². The molecule has 1 aliphatic rings. The van der Waals surface area contributed by atoms with E-state index in [1.54, 1.807) is 0 Å². The SMILES string of the molecule is CC/C=C\C/C=C\C/C=C\C/C=C\C/C=C\C/C=C\CCC(=O)OC(COCC/C=C\C/C=C\C/C=C\C/C=C\C/C=C\CC)COP(=O)(O)OC1C(O)C(O)C(O)C(O)C1O. The number of carbonyl (C=O) groups is 1. The van der Waals surface area contributed by atoms with Crippen molar-refractivity contribution in [1.82, 2.24) is 0 Å². The lowest BCUT2D eigenvalue weighted by molar-refractivity contribution is -0.220. The fourth-order valence-electron chi connectivity index (χ4n) is 5.62. The van der Waals surface area contributed by atoms with Crippen molar-refractivity contribution >= 4 is 13.8 Å². The Kier molecular flexibility index (Phi) is 34.6. The predicted octanol–water partition coefficient (Wildman–Crippen LogP) is 8.85. The minimum Gasteiger partial charge on any atom is -0.457 e. The average Bonchev–Trinajstić information content (AvgIpc) is 3.26. The minimum atomic E-state index is -5.07. The molecular formula is C49H75O12P. The van der Waals surface area contributed by atoms with Gasteiger partial charge in [0.2, 0.25) is 0 Å². The van der Waals surface area contributed by atoms with Crippen molar-refractivity contribution in [3.8, 4) is 0 Å². The van der Waals surface area contributed by atoms with Crippen LogP contribution in [0.1, 0.15) is 104 Å². The topological polar surface area (TPSA) is 192 Å². The van der Waals surface area contributed by atoms with E-state index >= 15 is 0 Å². The number of rotatable bonds is 34. The molecule has 62 heavy (non-hydrogen) atoms. The van der Waals surface area contributed by atoms with Gasteiger partial charge in [-0.1, -0.05) is 148 Å². The monoisotopic (exact) mass is 886 g/mol. The van der Waals surface area contributed by atoms with E-state index < -0.39 is 63.1 Å². The molecule has 0 spiro atoms. The van der Waals surface area contributed by atoms with Crippen molar-refractivity contribution in [2.75, 3.05) is 19.8 Å². The third-order valence-corrected chi connectivity index (χ3v) is 10.0. The number of aliphatic hydroxyl groups excluding tert-OH is 5. The summed E-state index contributed by atoms with van der Waals surface area (Å²) in [5, 5.41) is 50.1. The van der Waals surface area contributed by atoms with Gasteiger partial charge in [0.05, 0.1) is 19.8 Å². The highest BCUT2D eigenvalue weighted by molar-refractivity contribution is 7.47. The second-order valence-electron chi connectivity index (χ2n) is 14.4. The van der Waals surface area contributed by atoms with Crippen molar-refractivity contribution < 1.29 is 58.3 Å². The van der Waals surface area contributed by atoms with Crippen LogP contribution in [0.3, 0.4) is 0 Å². The summed E-state index contributed by atoms with van der Waals surface area (Å²) in [6, 6.07) is 0. The van der Waals surface area contributed by atoms with Gasteiger partial charge in [-0.15, -0.1) is 0 Å². The Morgan fingerprint density at radius 3 is 1.23 bits per heavy atom. The van der Waals surface area contributed by atoms with Gasteiger partial charge in [0, 0.05) is 6.42 Å². The third-order valence-electron chi connectivity index (χ3n) is 9.05. The third kappa shape index (κ3) is 29.7. The number of allylic oxidation sites excluding steroid dienone is 21. The Hall–Kier alpha value is -3.52. The number of esters is 1. The second-order valence-corrected chi connectivity index (χ2v) is 15.8. The lowest BCUT2D eigenvalue weighted by Crippen LogP contribution is -2.64. The number of phosphoric acid groups is 1. The lowest BCUT2D eigenvalue weighted by Gasteiger charge is -2.41. The number of phosphoric ester groups is 1. The van der Waals surface area contributed by atoms with E-state index in [0.29, 0.717) is 19.3 Å². The summed E-state index contributed by atoms with van der Waals surface area (Å²) in [6.07, 6.45) is 44.1. The van der Waals surface area contributed by atoms with Gasteiger partial charge in [0.1, 0.15) is 42.7 Å². The van der Waals surface area contributed by atoms with Crippen molar-refractivity contribution in [1.29, 1.82) is 0 Å². The summed E-state index contributed by atoms with van der Waals surface area (Å²) in [5.74, 6) is -0.591. The van der Waals surface area contributed by atoms with Gasteiger partial charge >= 0.3 is 13.8 Å². The van der Waals surface area contributed by atoms with Gasteiger partial charge in [-0.2, -0.15) is 0 Å². The Balaban J connectivity index is 2.55. The zero-order chi connectivity index (χ0) is 45.5. The Morgan fingerprint density at radius 2 is 0.839 bits per heavy atom. The second kappa shape index (κ2) is 38.0. The average molecular weight is 887 g/mol. The van der Waals surface area contributed by atoms with Gasteiger partial charge in [-0.3, -0.25) is 13.8 Å². The molecule has 6 unspecified atom stereocenters. The highest BCUT2D eigenvalue weighted by Crippen LogP contribution is 2.47. The van der Waals surface area contributed by atoms with Gasteiger partial charge in [0.25, 0.3) is 0 Å². The number of aliphatic hydroxyl groups is 5. The zero-order valence-corrected chi connectivity index (χ0v) is 37.7. The van der Waals surface area contributed by atoms with Crippen LogP contribution < -0.4 is 0 Å². The van der Waals surface area contributed by atoms with Gasteiger partial charge in [0.15, 0.2) is 0 Å². The molecule has 0 aromatic carbocycles. The molecular weight excluding hydrogens is 812 g/mol. The molecule has 12 nitrogen and oxygen atoms in total. The van der Waals surface area contributed by atoms with Crippen LogP contribution in [-0.4, -0.2) is 98.9 Å². The number of carbonyl (C=O) groups excluding carboxylic acids is 1. The summed E-state index contributed by atoms with van der Waals surface area (Å²) < 4.78 is 33.9. The first kappa shape index (κ1) is 56.5. The molecule has 13 heteroatoms.